The van der Waals surface area contributed by atoms with Gasteiger partial charge >= 0.3 is 0 Å². The minimum Gasteiger partial charge on any atom is -0.494 e. The summed E-state index contributed by atoms with van der Waals surface area (Å²) in [5.41, 5.74) is 3.42. The van der Waals surface area contributed by atoms with E-state index in [2.05, 4.69) is 10.3 Å². The number of aryl methyl sites for hydroxylation is 2. The van der Waals surface area contributed by atoms with Crippen LogP contribution >= 0.6 is 0 Å². The standard InChI is InChI=1S/C22H24N2O3/c1-15-11-16(2)21-17(12-15)13-18(22(26)24-21)14-23-20(25)9-6-10-27-19-7-4-3-5-8-19/h3-5,7-8,11-13H,6,9-10,14H2,1-2H3,(H,23,25)(H,24,26). The maximum atomic E-state index is 12.3. The molecule has 0 fully saturated rings. The zero-order valence-electron chi connectivity index (χ0n) is 15.7. The lowest BCUT2D eigenvalue weighted by molar-refractivity contribution is -0.121. The molecule has 0 aliphatic heterocycles. The normalized spacial score (nSPS) is 10.7. The minimum absolute atomic E-state index is 0.0911. The first kappa shape index (κ1) is 18.7. The van der Waals surface area contributed by atoms with Gasteiger partial charge in [0.1, 0.15) is 5.75 Å². The molecule has 0 saturated carbocycles. The number of amides is 1. The van der Waals surface area contributed by atoms with Gasteiger partial charge in [-0.2, -0.15) is 0 Å². The Kier molecular flexibility index (Phi) is 5.91. The number of hydrogen-bond donors (Lipinski definition) is 2. The Hall–Kier alpha value is -3.08. The molecule has 0 spiro atoms. The van der Waals surface area contributed by atoms with Gasteiger partial charge in [-0.05, 0) is 55.5 Å². The number of H-pyrrole nitrogens is 1. The Morgan fingerprint density at radius 3 is 2.67 bits per heavy atom. The van der Waals surface area contributed by atoms with Gasteiger partial charge in [-0.25, -0.2) is 0 Å². The lowest BCUT2D eigenvalue weighted by atomic mass is 10.1. The molecule has 5 nitrogen and oxygen atoms in total. The molecule has 1 heterocycles. The number of fused-ring (bicyclic) bond motifs is 1. The summed E-state index contributed by atoms with van der Waals surface area (Å²) in [5, 5.41) is 3.80. The van der Waals surface area contributed by atoms with Gasteiger partial charge in [0.2, 0.25) is 5.91 Å². The third-order valence-corrected chi connectivity index (χ3v) is 4.41. The van der Waals surface area contributed by atoms with Crippen LogP contribution < -0.4 is 15.6 Å². The largest absolute Gasteiger partial charge is 0.494 e. The molecule has 0 radical (unpaired) electrons. The molecule has 0 aliphatic rings. The van der Waals surface area contributed by atoms with E-state index < -0.39 is 0 Å². The number of hydrogen-bond acceptors (Lipinski definition) is 3. The number of pyridine rings is 1. The van der Waals surface area contributed by atoms with E-state index in [9.17, 15) is 9.59 Å². The molecule has 0 bridgehead atoms. The number of nitrogens with one attached hydrogen (secondary N) is 2. The van der Waals surface area contributed by atoms with Crippen molar-refractivity contribution in [2.45, 2.75) is 33.2 Å². The first-order valence-corrected chi connectivity index (χ1v) is 9.10. The average molecular weight is 364 g/mol. The Labute approximate surface area is 158 Å². The number of ether oxygens (including phenoxy) is 1. The molecule has 1 aromatic heterocycles. The fourth-order valence-electron chi connectivity index (χ4n) is 3.09. The maximum Gasteiger partial charge on any atom is 0.253 e. The SMILES string of the molecule is Cc1cc(C)c2[nH]c(=O)c(CNC(=O)CCCOc3ccccc3)cc2c1. The summed E-state index contributed by atoms with van der Waals surface area (Å²) in [4.78, 5) is 27.2. The van der Waals surface area contributed by atoms with Crippen LogP contribution in [0.5, 0.6) is 5.75 Å². The van der Waals surface area contributed by atoms with Crippen LogP contribution in [-0.2, 0) is 11.3 Å². The van der Waals surface area contributed by atoms with E-state index in [4.69, 9.17) is 4.74 Å². The van der Waals surface area contributed by atoms with Crippen LogP contribution in [0.2, 0.25) is 0 Å². The summed E-state index contributed by atoms with van der Waals surface area (Å²) in [5.74, 6) is 0.706. The van der Waals surface area contributed by atoms with Crippen molar-refractivity contribution in [1.29, 1.82) is 0 Å². The second-order valence-electron chi connectivity index (χ2n) is 6.71. The smallest absolute Gasteiger partial charge is 0.253 e. The Balaban J connectivity index is 1.52. The highest BCUT2D eigenvalue weighted by molar-refractivity contribution is 5.83. The molecule has 27 heavy (non-hydrogen) atoms. The molecule has 0 saturated heterocycles. The first-order valence-electron chi connectivity index (χ1n) is 9.10. The summed E-state index contributed by atoms with van der Waals surface area (Å²) in [6.07, 6.45) is 0.976. The molecule has 1 amide bonds. The van der Waals surface area contributed by atoms with Crippen molar-refractivity contribution in [2.75, 3.05) is 6.61 Å². The van der Waals surface area contributed by atoms with Crippen molar-refractivity contribution >= 4 is 16.8 Å². The Morgan fingerprint density at radius 2 is 1.89 bits per heavy atom. The molecular formula is C22H24N2O3. The second kappa shape index (κ2) is 8.54. The molecule has 140 valence electrons. The fourth-order valence-corrected chi connectivity index (χ4v) is 3.09. The van der Waals surface area contributed by atoms with Crippen molar-refractivity contribution in [2.24, 2.45) is 0 Å². The Morgan fingerprint density at radius 1 is 1.11 bits per heavy atom. The fraction of sp³-hybridized carbons (Fsp3) is 0.273. The molecular weight excluding hydrogens is 340 g/mol. The van der Waals surface area contributed by atoms with Gasteiger partial charge in [-0.15, -0.1) is 0 Å². The van der Waals surface area contributed by atoms with Crippen LogP contribution in [-0.4, -0.2) is 17.5 Å². The van der Waals surface area contributed by atoms with Crippen LogP contribution in [0.15, 0.2) is 53.3 Å². The number of aromatic nitrogens is 1. The van der Waals surface area contributed by atoms with E-state index in [0.29, 0.717) is 25.0 Å². The van der Waals surface area contributed by atoms with E-state index in [-0.39, 0.29) is 18.0 Å². The van der Waals surface area contributed by atoms with Crippen LogP contribution in [0, 0.1) is 13.8 Å². The first-order chi connectivity index (χ1) is 13.0. The summed E-state index contributed by atoms with van der Waals surface area (Å²) < 4.78 is 5.57. The van der Waals surface area contributed by atoms with E-state index in [1.807, 2.05) is 62.4 Å². The van der Waals surface area contributed by atoms with Crippen molar-refractivity contribution in [1.82, 2.24) is 10.3 Å². The van der Waals surface area contributed by atoms with Crippen LogP contribution in [0.3, 0.4) is 0 Å². The van der Waals surface area contributed by atoms with Crippen LogP contribution in [0.1, 0.15) is 29.5 Å². The number of carbonyl (C=O) groups excluding carboxylic acids is 1. The number of benzene rings is 2. The van der Waals surface area contributed by atoms with Crippen LogP contribution in [0.4, 0.5) is 0 Å². The molecule has 0 atom stereocenters. The minimum atomic E-state index is -0.165. The molecule has 0 aliphatic carbocycles. The monoisotopic (exact) mass is 364 g/mol. The second-order valence-corrected chi connectivity index (χ2v) is 6.71. The lowest BCUT2D eigenvalue weighted by Gasteiger charge is -2.09. The highest BCUT2D eigenvalue weighted by Gasteiger charge is 2.08. The predicted molar refractivity (Wildman–Crippen MR) is 107 cm³/mol. The quantitative estimate of drug-likeness (QED) is 0.629. The summed E-state index contributed by atoms with van der Waals surface area (Å²) in [6, 6.07) is 15.4. The summed E-state index contributed by atoms with van der Waals surface area (Å²) >= 11 is 0. The molecule has 2 N–H and O–H groups in total. The average Bonchev–Trinajstić information content (AvgIpc) is 2.65. The number of carbonyl (C=O) groups is 1. The zero-order valence-corrected chi connectivity index (χ0v) is 15.7. The highest BCUT2D eigenvalue weighted by atomic mass is 16.5. The zero-order chi connectivity index (χ0) is 19.2. The summed E-state index contributed by atoms with van der Waals surface area (Å²) in [7, 11) is 0. The van der Waals surface area contributed by atoms with E-state index >= 15 is 0 Å². The molecule has 3 rings (SSSR count). The van der Waals surface area contributed by atoms with Gasteiger partial charge in [-0.3, -0.25) is 9.59 Å². The maximum absolute atomic E-state index is 12.3. The number of para-hydroxylation sites is 1. The third-order valence-electron chi connectivity index (χ3n) is 4.41. The molecule has 2 aromatic carbocycles. The van der Waals surface area contributed by atoms with Crippen molar-refractivity contribution < 1.29 is 9.53 Å². The van der Waals surface area contributed by atoms with Crippen molar-refractivity contribution in [3.05, 3.63) is 75.6 Å². The van der Waals surface area contributed by atoms with E-state index in [1.165, 1.54) is 0 Å². The van der Waals surface area contributed by atoms with E-state index in [0.717, 1.165) is 27.8 Å². The highest BCUT2D eigenvalue weighted by Crippen LogP contribution is 2.18. The van der Waals surface area contributed by atoms with Gasteiger partial charge < -0.3 is 15.0 Å². The lowest BCUT2D eigenvalue weighted by Crippen LogP contribution is -2.26. The predicted octanol–water partition coefficient (Wildman–Crippen LogP) is 3.62. The van der Waals surface area contributed by atoms with Gasteiger partial charge in [0.05, 0.1) is 12.1 Å². The number of aromatic amines is 1. The van der Waals surface area contributed by atoms with Gasteiger partial charge in [-0.1, -0.05) is 29.8 Å². The Bertz CT molecular complexity index is 994. The van der Waals surface area contributed by atoms with Crippen molar-refractivity contribution in [3.63, 3.8) is 0 Å². The van der Waals surface area contributed by atoms with Gasteiger partial charge in [0.25, 0.3) is 5.56 Å². The molecule has 0 unspecified atom stereocenters. The van der Waals surface area contributed by atoms with Crippen molar-refractivity contribution in [3.8, 4) is 5.75 Å². The van der Waals surface area contributed by atoms with Gasteiger partial charge in [0, 0.05) is 18.5 Å². The summed E-state index contributed by atoms with van der Waals surface area (Å²) in [6.45, 7) is 4.70. The third kappa shape index (κ3) is 4.97. The molecule has 3 aromatic rings. The molecule has 5 heteroatoms. The topological polar surface area (TPSA) is 71.2 Å². The van der Waals surface area contributed by atoms with Crippen LogP contribution in [0.25, 0.3) is 10.9 Å². The van der Waals surface area contributed by atoms with Gasteiger partial charge in [0.15, 0.2) is 0 Å². The van der Waals surface area contributed by atoms with E-state index in [1.54, 1.807) is 0 Å². The number of rotatable bonds is 7.